The average molecular weight is 738 g/mol. The fourth-order valence-electron chi connectivity index (χ4n) is 4.01. The van der Waals surface area contributed by atoms with Gasteiger partial charge in [0, 0.05) is 19.2 Å². The Labute approximate surface area is 261 Å². The number of allylic oxidation sites excluding steroid dienone is 2. The van der Waals surface area contributed by atoms with Gasteiger partial charge in [0.1, 0.15) is 18.1 Å². The van der Waals surface area contributed by atoms with Crippen molar-refractivity contribution in [1.82, 2.24) is 14.9 Å². The van der Waals surface area contributed by atoms with E-state index in [4.69, 9.17) is 10.5 Å². The standard InChI is InChI=1S/C21H34N4O17P4/c22-18-9-11-25(21(28)24-18)19-13-16(26)17(39-19)14-38-44(31,32)41-46(35,36)42-45(33,34)40-43(29,30)37-12-6-2-1-5-10-23-20(27)15-7-3-4-8-15/h3-4,7-9,11,15-17,19,26H,1-2,5-6,10,12-14H2,(H,23,27)(H,29,30)(H,31,32)(H,33,34)(H,35,36)(H2,22,24,28)/t16-,17+,19+/m0/s1. The van der Waals surface area contributed by atoms with E-state index >= 15 is 0 Å². The maximum Gasteiger partial charge on any atom is 0.490 e. The van der Waals surface area contributed by atoms with Crippen LogP contribution in [0.15, 0.2) is 41.4 Å². The molecular formula is C21H34N4O17P4. The number of phosphoric ester groups is 2. The molecule has 0 spiro atoms. The Morgan fingerprint density at radius 3 is 2.17 bits per heavy atom. The second kappa shape index (κ2) is 16.5. The van der Waals surface area contributed by atoms with Crippen LogP contribution in [-0.4, -0.2) is 72.1 Å². The summed E-state index contributed by atoms with van der Waals surface area (Å²) in [4.78, 5) is 66.1. The van der Waals surface area contributed by atoms with E-state index in [-0.39, 0.29) is 30.5 Å². The number of phosphoric acid groups is 4. The molecule has 1 aliphatic heterocycles. The summed E-state index contributed by atoms with van der Waals surface area (Å²) in [6.45, 7) is -0.981. The summed E-state index contributed by atoms with van der Waals surface area (Å²) in [5.41, 5.74) is 4.60. The number of ether oxygens (including phenoxy) is 1. The van der Waals surface area contributed by atoms with Crippen molar-refractivity contribution in [2.75, 3.05) is 25.5 Å². The first-order chi connectivity index (χ1) is 21.4. The molecule has 1 saturated heterocycles. The van der Waals surface area contributed by atoms with Gasteiger partial charge in [-0.25, -0.2) is 23.1 Å². The van der Waals surface area contributed by atoms with Gasteiger partial charge in [0.15, 0.2) is 0 Å². The number of carbonyl (C=O) groups is 1. The Morgan fingerprint density at radius 1 is 0.957 bits per heavy atom. The summed E-state index contributed by atoms with van der Waals surface area (Å²) in [6.07, 6.45) is 6.11. The maximum atomic E-state index is 12.2. The summed E-state index contributed by atoms with van der Waals surface area (Å²) in [7, 11) is -22.9. The monoisotopic (exact) mass is 738 g/mol. The van der Waals surface area contributed by atoms with Gasteiger partial charge < -0.3 is 40.5 Å². The summed E-state index contributed by atoms with van der Waals surface area (Å²) in [5, 5.41) is 12.9. The van der Waals surface area contributed by atoms with Gasteiger partial charge in [-0.2, -0.15) is 17.9 Å². The molecule has 1 amide bonds. The van der Waals surface area contributed by atoms with E-state index < -0.39 is 68.6 Å². The third-order valence-corrected chi connectivity index (χ3v) is 12.0. The minimum Gasteiger partial charge on any atom is -0.390 e. The topological polar surface area (TPSA) is 315 Å². The Balaban J connectivity index is 1.37. The number of rotatable bonds is 19. The molecule has 1 aliphatic carbocycles. The summed E-state index contributed by atoms with van der Waals surface area (Å²) in [6, 6.07) is 1.28. The molecule has 260 valence electrons. The van der Waals surface area contributed by atoms with Crippen molar-refractivity contribution in [3.05, 3.63) is 47.1 Å². The zero-order valence-electron chi connectivity index (χ0n) is 23.8. The molecule has 0 bridgehead atoms. The molecule has 2 heterocycles. The fraction of sp³-hybridized carbons (Fsp3) is 0.571. The number of hydrogen-bond acceptors (Lipinski definition) is 15. The van der Waals surface area contributed by atoms with Gasteiger partial charge in [-0.05, 0) is 18.9 Å². The van der Waals surface area contributed by atoms with Gasteiger partial charge in [-0.15, -0.1) is 0 Å². The quantitative estimate of drug-likeness (QED) is 0.0778. The average Bonchev–Trinajstić information content (AvgIpc) is 3.57. The van der Waals surface area contributed by atoms with E-state index in [1.165, 1.54) is 12.3 Å². The second-order valence-electron chi connectivity index (χ2n) is 9.72. The molecule has 2 aliphatic rings. The Hall–Kier alpha value is -1.89. The molecule has 4 unspecified atom stereocenters. The minimum atomic E-state index is -6.00. The summed E-state index contributed by atoms with van der Waals surface area (Å²) >= 11 is 0. The van der Waals surface area contributed by atoms with Crippen molar-refractivity contribution in [3.63, 3.8) is 0 Å². The number of nitrogens with one attached hydrogen (secondary N) is 1. The smallest absolute Gasteiger partial charge is 0.390 e. The van der Waals surface area contributed by atoms with Gasteiger partial charge in [-0.1, -0.05) is 37.1 Å². The molecule has 0 aromatic carbocycles. The highest BCUT2D eigenvalue weighted by atomic mass is 31.3. The van der Waals surface area contributed by atoms with E-state index in [0.29, 0.717) is 25.8 Å². The number of nitrogens with two attached hydrogens (primary N) is 1. The van der Waals surface area contributed by atoms with Gasteiger partial charge in [0.25, 0.3) is 0 Å². The van der Waals surface area contributed by atoms with E-state index in [1.807, 2.05) is 0 Å². The lowest BCUT2D eigenvalue weighted by Crippen LogP contribution is -2.29. The second-order valence-corrected chi connectivity index (χ2v) is 15.9. The lowest BCUT2D eigenvalue weighted by molar-refractivity contribution is -0.122. The number of carbonyl (C=O) groups excluding carboxylic acids is 1. The van der Waals surface area contributed by atoms with E-state index in [1.54, 1.807) is 24.3 Å². The van der Waals surface area contributed by atoms with Crippen LogP contribution in [-0.2, 0) is 49.8 Å². The Kier molecular flexibility index (Phi) is 13.8. The van der Waals surface area contributed by atoms with Crippen molar-refractivity contribution in [2.45, 2.75) is 50.5 Å². The van der Waals surface area contributed by atoms with Crippen molar-refractivity contribution in [3.8, 4) is 0 Å². The normalized spacial score (nSPS) is 25.0. The number of nitrogens with zero attached hydrogens (tertiary/aromatic N) is 2. The number of aliphatic hydroxyl groups is 1. The zero-order valence-corrected chi connectivity index (χ0v) is 27.4. The highest BCUT2D eigenvalue weighted by molar-refractivity contribution is 7.69. The Bertz CT molecular complexity index is 1520. The van der Waals surface area contributed by atoms with Crippen molar-refractivity contribution >= 4 is 43.0 Å². The molecule has 7 atom stereocenters. The molecular weight excluding hydrogens is 704 g/mol. The fourth-order valence-corrected chi connectivity index (χ4v) is 8.99. The van der Waals surface area contributed by atoms with Crippen LogP contribution in [0.4, 0.5) is 5.82 Å². The van der Waals surface area contributed by atoms with Crippen LogP contribution < -0.4 is 16.7 Å². The number of hydrogen-bond donors (Lipinski definition) is 7. The molecule has 21 nitrogen and oxygen atoms in total. The number of unbranched alkanes of at least 4 members (excludes halogenated alkanes) is 3. The zero-order chi connectivity index (χ0) is 34.2. The number of nitrogen functional groups attached to an aromatic ring is 1. The SMILES string of the molecule is Nc1ccn([C@H]2C[C@H](O)[C@@H](COP(=O)(O)OP(=O)(O)OP(=O)(O)OP(=O)(O)OCCCCCCNC(=O)C3C=CC=C3)O2)c(=O)n1. The van der Waals surface area contributed by atoms with Gasteiger partial charge in [-0.3, -0.25) is 18.4 Å². The molecule has 1 aromatic rings. The third kappa shape index (κ3) is 13.0. The largest absolute Gasteiger partial charge is 0.490 e. The molecule has 1 aromatic heterocycles. The predicted octanol–water partition coefficient (Wildman–Crippen LogP) is 1.38. The van der Waals surface area contributed by atoms with Gasteiger partial charge >= 0.3 is 37.0 Å². The number of amides is 1. The lowest BCUT2D eigenvalue weighted by Gasteiger charge is -2.21. The third-order valence-electron chi connectivity index (χ3n) is 6.06. The first-order valence-electron chi connectivity index (χ1n) is 13.4. The van der Waals surface area contributed by atoms with Crippen molar-refractivity contribution in [2.24, 2.45) is 5.92 Å². The van der Waals surface area contributed by atoms with Gasteiger partial charge in [0.05, 0.1) is 25.2 Å². The maximum absolute atomic E-state index is 12.2. The molecule has 0 saturated carbocycles. The molecule has 8 N–H and O–H groups in total. The number of aliphatic hydroxyl groups excluding tert-OH is 1. The van der Waals surface area contributed by atoms with Crippen LogP contribution in [0, 0.1) is 5.92 Å². The first kappa shape index (κ1) is 38.6. The van der Waals surface area contributed by atoms with Crippen LogP contribution in [0.25, 0.3) is 0 Å². The molecule has 46 heavy (non-hydrogen) atoms. The summed E-state index contributed by atoms with van der Waals surface area (Å²) in [5.74, 6) is -0.519. The van der Waals surface area contributed by atoms with E-state index in [0.717, 1.165) is 4.57 Å². The predicted molar refractivity (Wildman–Crippen MR) is 155 cm³/mol. The van der Waals surface area contributed by atoms with Crippen molar-refractivity contribution < 1.29 is 74.5 Å². The summed E-state index contributed by atoms with van der Waals surface area (Å²) < 4.78 is 75.4. The minimum absolute atomic E-state index is 0.0715. The Morgan fingerprint density at radius 2 is 1.54 bits per heavy atom. The lowest BCUT2D eigenvalue weighted by atomic mass is 10.1. The van der Waals surface area contributed by atoms with E-state index in [9.17, 15) is 52.5 Å². The van der Waals surface area contributed by atoms with Crippen LogP contribution >= 0.6 is 31.3 Å². The molecule has 1 fully saturated rings. The molecule has 25 heteroatoms. The van der Waals surface area contributed by atoms with Crippen LogP contribution in [0.3, 0.4) is 0 Å². The number of anilines is 1. The highest BCUT2D eigenvalue weighted by Gasteiger charge is 2.46. The molecule has 0 radical (unpaired) electrons. The van der Waals surface area contributed by atoms with Gasteiger partial charge in [0.2, 0.25) is 5.91 Å². The van der Waals surface area contributed by atoms with Crippen LogP contribution in [0.2, 0.25) is 0 Å². The molecule has 3 rings (SSSR count). The van der Waals surface area contributed by atoms with E-state index in [2.05, 4.69) is 32.3 Å². The number of aromatic nitrogens is 2. The van der Waals surface area contributed by atoms with Crippen LogP contribution in [0.1, 0.15) is 38.3 Å². The van der Waals surface area contributed by atoms with Crippen molar-refractivity contribution in [1.29, 1.82) is 0 Å². The highest BCUT2D eigenvalue weighted by Crippen LogP contribution is 2.71. The first-order valence-corrected chi connectivity index (χ1v) is 19.4. The van der Waals surface area contributed by atoms with Crippen LogP contribution in [0.5, 0.6) is 0 Å².